The van der Waals surface area contributed by atoms with Crippen molar-refractivity contribution >= 4 is 35.0 Å². The van der Waals surface area contributed by atoms with Crippen LogP contribution in [0.25, 0.3) is 0 Å². The van der Waals surface area contributed by atoms with E-state index in [0.29, 0.717) is 24.5 Å². The average molecular weight is 574 g/mol. The summed E-state index contributed by atoms with van der Waals surface area (Å²) < 4.78 is 5.47. The molecule has 3 aromatic rings. The Balaban J connectivity index is 1.39. The molecule has 0 radical (unpaired) electrons. The van der Waals surface area contributed by atoms with Gasteiger partial charge in [0, 0.05) is 42.4 Å². The molecule has 1 aliphatic heterocycles. The molecule has 1 saturated carbocycles. The Morgan fingerprint density at radius 2 is 1.61 bits per heavy atom. The molecule has 1 saturated heterocycles. The number of aryl methyl sites for hydroxylation is 2. The predicted octanol–water partition coefficient (Wildman–Crippen LogP) is 5.39. The van der Waals surface area contributed by atoms with Crippen LogP contribution in [0.1, 0.15) is 49.1 Å². The Labute approximate surface area is 246 Å². The molecule has 0 spiro atoms. The molecule has 2 aromatic carbocycles. The fourth-order valence-electron chi connectivity index (χ4n) is 5.79. The van der Waals surface area contributed by atoms with E-state index in [9.17, 15) is 9.59 Å². The Kier molecular flexibility index (Phi) is 9.57. The Hall–Kier alpha value is -3.43. The fourth-order valence-corrected chi connectivity index (χ4v) is 6.61. The van der Waals surface area contributed by atoms with E-state index in [2.05, 4.69) is 20.2 Å². The van der Waals surface area contributed by atoms with E-state index in [0.717, 1.165) is 73.9 Å². The molecule has 2 heterocycles. The van der Waals surface area contributed by atoms with Gasteiger partial charge < -0.3 is 19.9 Å². The first kappa shape index (κ1) is 29.1. The number of rotatable bonds is 9. The smallest absolute Gasteiger partial charge is 0.250 e. The average Bonchev–Trinajstić information content (AvgIpc) is 3.00. The number of nitrogens with one attached hydrogen (secondary N) is 1. The zero-order valence-electron chi connectivity index (χ0n) is 24.0. The standard InChI is InChI=1S/C32H39N5O3S/c1-24-21-25(2)34-31(33-24)41-23-29(38)37(22-26-9-5-3-6-10-26)32(15-7-4-8-16-32)30(39)35-27-11-13-28(14-12-27)36-17-19-40-20-18-36/h3,5-6,9-14,21H,4,7-8,15-20,22-23H2,1-2H3,(H,35,39). The maximum Gasteiger partial charge on any atom is 0.250 e. The number of nitrogens with zero attached hydrogens (tertiary/aromatic N) is 4. The van der Waals surface area contributed by atoms with Gasteiger partial charge in [0.1, 0.15) is 5.54 Å². The van der Waals surface area contributed by atoms with Crippen molar-refractivity contribution in [1.82, 2.24) is 14.9 Å². The molecule has 1 aromatic heterocycles. The van der Waals surface area contributed by atoms with E-state index >= 15 is 0 Å². The summed E-state index contributed by atoms with van der Waals surface area (Å²) in [4.78, 5) is 41.4. The van der Waals surface area contributed by atoms with Gasteiger partial charge in [-0.2, -0.15) is 0 Å². The Bertz CT molecular complexity index is 1300. The number of thioether (sulfide) groups is 1. The molecule has 0 bridgehead atoms. The van der Waals surface area contributed by atoms with Gasteiger partial charge in [0.15, 0.2) is 5.16 Å². The van der Waals surface area contributed by atoms with Crippen LogP contribution in [0.3, 0.4) is 0 Å². The fraction of sp³-hybridized carbons (Fsp3) is 0.438. The van der Waals surface area contributed by atoms with Crippen molar-refractivity contribution in [2.75, 3.05) is 42.3 Å². The van der Waals surface area contributed by atoms with Crippen LogP contribution >= 0.6 is 11.8 Å². The third-order valence-corrected chi connectivity index (χ3v) is 8.72. The van der Waals surface area contributed by atoms with Crippen molar-refractivity contribution in [2.24, 2.45) is 0 Å². The van der Waals surface area contributed by atoms with Crippen LogP contribution in [0.5, 0.6) is 0 Å². The molecule has 41 heavy (non-hydrogen) atoms. The summed E-state index contributed by atoms with van der Waals surface area (Å²) in [5.74, 6) is -0.0338. The number of benzene rings is 2. The van der Waals surface area contributed by atoms with Gasteiger partial charge in [0.2, 0.25) is 11.8 Å². The minimum atomic E-state index is -0.933. The maximum atomic E-state index is 14.2. The Morgan fingerprint density at radius 1 is 0.951 bits per heavy atom. The molecule has 8 nitrogen and oxygen atoms in total. The second-order valence-corrected chi connectivity index (χ2v) is 11.8. The lowest BCUT2D eigenvalue weighted by molar-refractivity contribution is -0.146. The van der Waals surface area contributed by atoms with E-state index in [4.69, 9.17) is 4.74 Å². The number of carbonyl (C=O) groups is 2. The molecular weight excluding hydrogens is 534 g/mol. The lowest BCUT2D eigenvalue weighted by atomic mass is 9.79. The van der Waals surface area contributed by atoms with E-state index < -0.39 is 5.54 Å². The highest BCUT2D eigenvalue weighted by atomic mass is 32.2. The van der Waals surface area contributed by atoms with Crippen LogP contribution in [0.15, 0.2) is 65.8 Å². The van der Waals surface area contributed by atoms with Gasteiger partial charge in [-0.25, -0.2) is 9.97 Å². The number of ether oxygens (including phenoxy) is 1. The molecule has 0 atom stereocenters. The number of amides is 2. The number of morpholine rings is 1. The van der Waals surface area contributed by atoms with Gasteiger partial charge in [-0.1, -0.05) is 61.4 Å². The molecule has 2 amide bonds. The summed E-state index contributed by atoms with van der Waals surface area (Å²) in [6.45, 7) is 7.39. The molecule has 1 aliphatic carbocycles. The van der Waals surface area contributed by atoms with Crippen LogP contribution in [-0.2, 0) is 20.9 Å². The van der Waals surface area contributed by atoms with Crippen molar-refractivity contribution in [1.29, 1.82) is 0 Å². The third-order valence-electron chi connectivity index (χ3n) is 7.89. The highest BCUT2D eigenvalue weighted by Gasteiger charge is 2.47. The van der Waals surface area contributed by atoms with Gasteiger partial charge >= 0.3 is 0 Å². The normalized spacial score (nSPS) is 16.7. The summed E-state index contributed by atoms with van der Waals surface area (Å²) in [7, 11) is 0. The summed E-state index contributed by atoms with van der Waals surface area (Å²) >= 11 is 1.33. The molecule has 1 N–H and O–H groups in total. The van der Waals surface area contributed by atoms with Gasteiger partial charge in [-0.05, 0) is 62.6 Å². The number of anilines is 2. The van der Waals surface area contributed by atoms with Gasteiger partial charge in [0.25, 0.3) is 0 Å². The van der Waals surface area contributed by atoms with E-state index in [1.807, 2.05) is 79.4 Å². The largest absolute Gasteiger partial charge is 0.378 e. The first-order chi connectivity index (χ1) is 19.9. The van der Waals surface area contributed by atoms with Crippen LogP contribution in [0.4, 0.5) is 11.4 Å². The second kappa shape index (κ2) is 13.5. The quantitative estimate of drug-likeness (QED) is 0.271. The lowest BCUT2D eigenvalue weighted by Gasteiger charge is -2.45. The van der Waals surface area contributed by atoms with Crippen LogP contribution in [-0.4, -0.2) is 64.3 Å². The predicted molar refractivity (Wildman–Crippen MR) is 163 cm³/mol. The molecule has 216 valence electrons. The van der Waals surface area contributed by atoms with Crippen molar-refractivity contribution in [3.8, 4) is 0 Å². The molecular formula is C32H39N5O3S. The SMILES string of the molecule is Cc1cc(C)nc(SCC(=O)N(Cc2ccccc2)C2(C(=O)Nc3ccc(N4CCOCC4)cc3)CCCCC2)n1. The number of hydrogen-bond donors (Lipinski definition) is 1. The van der Waals surface area contributed by atoms with E-state index in [-0.39, 0.29) is 17.6 Å². The maximum absolute atomic E-state index is 14.2. The summed E-state index contributed by atoms with van der Waals surface area (Å²) in [5.41, 5.74) is 3.67. The topological polar surface area (TPSA) is 87.7 Å². The highest BCUT2D eigenvalue weighted by Crippen LogP contribution is 2.37. The van der Waals surface area contributed by atoms with Crippen molar-refractivity contribution in [2.45, 2.75) is 63.2 Å². The monoisotopic (exact) mass is 573 g/mol. The van der Waals surface area contributed by atoms with Gasteiger partial charge in [-0.3, -0.25) is 9.59 Å². The summed E-state index contributed by atoms with van der Waals surface area (Å²) in [6, 6.07) is 19.8. The Morgan fingerprint density at radius 3 is 2.27 bits per heavy atom. The molecule has 2 aliphatic rings. The molecule has 9 heteroatoms. The number of hydrogen-bond acceptors (Lipinski definition) is 7. The minimum Gasteiger partial charge on any atom is -0.378 e. The third kappa shape index (κ3) is 7.26. The first-order valence-corrected chi connectivity index (χ1v) is 15.5. The zero-order valence-corrected chi connectivity index (χ0v) is 24.8. The van der Waals surface area contributed by atoms with Gasteiger partial charge in [-0.15, -0.1) is 0 Å². The summed E-state index contributed by atoms with van der Waals surface area (Å²) in [6.07, 6.45) is 4.12. The zero-order chi connectivity index (χ0) is 28.7. The van der Waals surface area contributed by atoms with E-state index in [1.54, 1.807) is 0 Å². The second-order valence-electron chi connectivity index (χ2n) is 10.9. The van der Waals surface area contributed by atoms with Crippen LogP contribution < -0.4 is 10.2 Å². The minimum absolute atomic E-state index is 0.0821. The number of aromatic nitrogens is 2. The van der Waals surface area contributed by atoms with Crippen molar-refractivity contribution < 1.29 is 14.3 Å². The molecule has 0 unspecified atom stereocenters. The lowest BCUT2D eigenvalue weighted by Crippen LogP contribution is -2.60. The molecule has 5 rings (SSSR count). The van der Waals surface area contributed by atoms with Crippen LogP contribution in [0.2, 0.25) is 0 Å². The van der Waals surface area contributed by atoms with Crippen molar-refractivity contribution in [3.05, 3.63) is 77.6 Å². The highest BCUT2D eigenvalue weighted by molar-refractivity contribution is 7.99. The van der Waals surface area contributed by atoms with Crippen LogP contribution in [0, 0.1) is 13.8 Å². The number of carbonyl (C=O) groups excluding carboxylic acids is 2. The first-order valence-electron chi connectivity index (χ1n) is 14.5. The summed E-state index contributed by atoms with van der Waals surface area (Å²) in [5, 5.41) is 3.77. The van der Waals surface area contributed by atoms with Crippen molar-refractivity contribution in [3.63, 3.8) is 0 Å². The molecule has 2 fully saturated rings. The van der Waals surface area contributed by atoms with Gasteiger partial charge in [0.05, 0.1) is 19.0 Å². The van der Waals surface area contributed by atoms with E-state index in [1.165, 1.54) is 11.8 Å².